The minimum atomic E-state index is -0.147. The number of carbonyl (C=O) groups is 1. The van der Waals surface area contributed by atoms with Gasteiger partial charge in [-0.15, -0.1) is 0 Å². The summed E-state index contributed by atoms with van der Waals surface area (Å²) >= 11 is 11.2. The molecule has 0 saturated heterocycles. The van der Waals surface area contributed by atoms with Crippen LogP contribution in [0.1, 0.15) is 36.2 Å². The summed E-state index contributed by atoms with van der Waals surface area (Å²) in [5.74, 6) is 0.0318. The van der Waals surface area contributed by atoms with Gasteiger partial charge in [-0.3, -0.25) is 4.79 Å². The Labute approximate surface area is 182 Å². The molecule has 6 heteroatoms. The number of rotatable bonds is 6. The third-order valence-corrected chi connectivity index (χ3v) is 5.88. The molecule has 4 nitrogen and oxygen atoms in total. The number of ketones is 1. The minimum absolute atomic E-state index is 0.0318. The third kappa shape index (κ3) is 4.98. The summed E-state index contributed by atoms with van der Waals surface area (Å²) in [5, 5.41) is 7.50. The van der Waals surface area contributed by atoms with Crippen LogP contribution < -0.4 is 10.6 Å². The van der Waals surface area contributed by atoms with Gasteiger partial charge in [0.2, 0.25) is 5.78 Å². The van der Waals surface area contributed by atoms with Gasteiger partial charge in [0, 0.05) is 35.4 Å². The monoisotopic (exact) mass is 427 g/mol. The van der Waals surface area contributed by atoms with Gasteiger partial charge in [0.15, 0.2) is 5.11 Å². The number of halogens is 1. The van der Waals surface area contributed by atoms with E-state index in [1.165, 1.54) is 5.56 Å². The van der Waals surface area contributed by atoms with E-state index in [9.17, 15) is 4.79 Å². The fourth-order valence-corrected chi connectivity index (χ4v) is 3.94. The van der Waals surface area contributed by atoms with Crippen LogP contribution in [0.3, 0.4) is 0 Å². The summed E-state index contributed by atoms with van der Waals surface area (Å²) in [4.78, 5) is 15.0. The van der Waals surface area contributed by atoms with Crippen molar-refractivity contribution in [3.8, 4) is 0 Å². The minimum Gasteiger partial charge on any atom is -0.366 e. The van der Waals surface area contributed by atoms with Crippen molar-refractivity contribution < 1.29 is 4.79 Å². The molecule has 0 bridgehead atoms. The maximum atomic E-state index is 12.9. The molecule has 3 rings (SSSR count). The summed E-state index contributed by atoms with van der Waals surface area (Å²) in [5.41, 5.74) is 3.42. The molecule has 0 aromatic heterocycles. The van der Waals surface area contributed by atoms with Gasteiger partial charge in [-0.2, -0.15) is 0 Å². The molecule has 1 aliphatic heterocycles. The highest BCUT2D eigenvalue weighted by atomic mass is 35.5. The van der Waals surface area contributed by atoms with Crippen molar-refractivity contribution in [2.24, 2.45) is 0 Å². The number of thiocarbonyl (C=S) groups is 1. The Hall–Kier alpha value is -2.37. The molecule has 0 spiro atoms. The zero-order chi connectivity index (χ0) is 21.0. The summed E-state index contributed by atoms with van der Waals surface area (Å²) in [6, 6.07) is 15.3. The van der Waals surface area contributed by atoms with Gasteiger partial charge in [-0.25, -0.2) is 0 Å². The zero-order valence-electron chi connectivity index (χ0n) is 17.0. The second kappa shape index (κ2) is 8.97. The topological polar surface area (TPSA) is 44.4 Å². The number of likely N-dealkylation sites (N-methyl/N-ethyl adjacent to an activating group) is 1. The number of nitrogens with one attached hydrogen (secondary N) is 2. The zero-order valence-corrected chi connectivity index (χ0v) is 18.5. The molecule has 2 N–H and O–H groups in total. The van der Waals surface area contributed by atoms with Crippen LogP contribution in [0.2, 0.25) is 5.02 Å². The van der Waals surface area contributed by atoms with Gasteiger partial charge in [0.05, 0.1) is 5.70 Å². The lowest BCUT2D eigenvalue weighted by Gasteiger charge is -2.36. The van der Waals surface area contributed by atoms with E-state index < -0.39 is 0 Å². The largest absolute Gasteiger partial charge is 0.366 e. The summed E-state index contributed by atoms with van der Waals surface area (Å²) in [7, 11) is 2.00. The number of hydrogen-bond donors (Lipinski definition) is 2. The maximum Gasteiger partial charge on any atom is 0.208 e. The lowest BCUT2D eigenvalue weighted by molar-refractivity contribution is 0.0967. The summed E-state index contributed by atoms with van der Waals surface area (Å²) < 4.78 is 0. The van der Waals surface area contributed by atoms with Crippen LogP contribution in [0, 0.1) is 0 Å². The van der Waals surface area contributed by atoms with Crippen LogP contribution in [0.5, 0.6) is 0 Å². The number of hydrogen-bond acceptors (Lipinski definition) is 3. The molecular weight excluding hydrogens is 402 g/mol. The van der Waals surface area contributed by atoms with E-state index in [1.54, 1.807) is 24.3 Å². The van der Waals surface area contributed by atoms with Gasteiger partial charge in [0.25, 0.3) is 0 Å². The number of benzene rings is 2. The van der Waals surface area contributed by atoms with E-state index in [2.05, 4.69) is 34.6 Å². The van der Waals surface area contributed by atoms with Gasteiger partial charge < -0.3 is 15.5 Å². The first-order valence-electron chi connectivity index (χ1n) is 9.70. The predicted molar refractivity (Wildman–Crippen MR) is 125 cm³/mol. The molecule has 1 unspecified atom stereocenters. The van der Waals surface area contributed by atoms with Crippen LogP contribution in [0.15, 0.2) is 60.3 Å². The second-order valence-corrected chi connectivity index (χ2v) is 8.39. The Balaban J connectivity index is 1.66. The van der Waals surface area contributed by atoms with E-state index in [4.69, 9.17) is 23.8 Å². The molecule has 0 fully saturated rings. The fraction of sp³-hybridized carbons (Fsp3) is 0.304. The maximum absolute atomic E-state index is 12.9. The highest BCUT2D eigenvalue weighted by Gasteiger charge is 2.37. The number of carbonyl (C=O) groups excluding carboxylic acids is 1. The molecule has 2 aromatic carbocycles. The molecule has 1 aliphatic rings. The quantitative estimate of drug-likeness (QED) is 0.499. The lowest BCUT2D eigenvalue weighted by atomic mass is 9.90. The SMILES string of the molecule is CCNC(=S)Nc1ccc(CC2(C)CC=C(C(=O)c3ccc(Cl)cc3)N2C)cc1. The highest BCUT2D eigenvalue weighted by Crippen LogP contribution is 2.35. The third-order valence-electron chi connectivity index (χ3n) is 5.38. The van der Waals surface area contributed by atoms with Crippen molar-refractivity contribution in [1.82, 2.24) is 10.2 Å². The van der Waals surface area contributed by atoms with Crippen molar-refractivity contribution in [2.75, 3.05) is 18.9 Å². The predicted octanol–water partition coefficient (Wildman–Crippen LogP) is 5.05. The first-order chi connectivity index (χ1) is 13.8. The lowest BCUT2D eigenvalue weighted by Crippen LogP contribution is -2.42. The number of Topliss-reactive ketones (excluding diaryl/α,β-unsaturated/α-hetero) is 1. The average molecular weight is 428 g/mol. The van der Waals surface area contributed by atoms with E-state index >= 15 is 0 Å². The first-order valence-corrected chi connectivity index (χ1v) is 10.5. The van der Waals surface area contributed by atoms with Gasteiger partial charge in [-0.05, 0) is 80.9 Å². The van der Waals surface area contributed by atoms with Crippen molar-refractivity contribution in [3.63, 3.8) is 0 Å². The standard InChI is InChI=1S/C23H26ClN3OS/c1-4-25-22(29)26-19-11-5-16(6-12-19)15-23(2)14-13-20(27(23)3)21(28)17-7-9-18(24)10-8-17/h5-13H,4,14-15H2,1-3H3,(H2,25,26,29). The molecule has 1 heterocycles. The number of anilines is 1. The Morgan fingerprint density at radius 2 is 1.83 bits per heavy atom. The molecule has 29 heavy (non-hydrogen) atoms. The molecule has 1 atom stereocenters. The smallest absolute Gasteiger partial charge is 0.208 e. The first kappa shape index (κ1) is 21.3. The van der Waals surface area contributed by atoms with Crippen molar-refractivity contribution in [2.45, 2.75) is 32.2 Å². The van der Waals surface area contributed by atoms with E-state index in [-0.39, 0.29) is 11.3 Å². The van der Waals surface area contributed by atoms with Crippen LogP contribution >= 0.6 is 23.8 Å². The van der Waals surface area contributed by atoms with E-state index in [0.717, 1.165) is 30.8 Å². The Kier molecular flexibility index (Phi) is 6.60. The van der Waals surface area contributed by atoms with Crippen LogP contribution in [-0.2, 0) is 6.42 Å². The molecule has 0 amide bonds. The van der Waals surface area contributed by atoms with E-state index in [0.29, 0.717) is 15.7 Å². The molecule has 0 saturated carbocycles. The second-order valence-electron chi connectivity index (χ2n) is 7.54. The molecule has 2 aromatic rings. The normalized spacial score (nSPS) is 18.3. The van der Waals surface area contributed by atoms with Gasteiger partial charge >= 0.3 is 0 Å². The van der Waals surface area contributed by atoms with Gasteiger partial charge in [-0.1, -0.05) is 29.8 Å². The summed E-state index contributed by atoms with van der Waals surface area (Å²) in [6.07, 6.45) is 3.71. The number of nitrogens with zero attached hydrogens (tertiary/aromatic N) is 1. The van der Waals surface area contributed by atoms with Crippen LogP contribution in [0.25, 0.3) is 0 Å². The highest BCUT2D eigenvalue weighted by molar-refractivity contribution is 7.80. The molecular formula is C23H26ClN3OS. The van der Waals surface area contributed by atoms with Crippen molar-refractivity contribution in [1.29, 1.82) is 0 Å². The molecule has 0 aliphatic carbocycles. The summed E-state index contributed by atoms with van der Waals surface area (Å²) in [6.45, 7) is 4.99. The van der Waals surface area contributed by atoms with Gasteiger partial charge in [0.1, 0.15) is 0 Å². The van der Waals surface area contributed by atoms with Crippen molar-refractivity contribution >= 4 is 40.4 Å². The number of allylic oxidation sites excluding steroid dienone is 1. The molecule has 0 radical (unpaired) electrons. The van der Waals surface area contributed by atoms with E-state index in [1.807, 2.05) is 32.2 Å². The molecule has 152 valence electrons. The Morgan fingerprint density at radius 1 is 1.17 bits per heavy atom. The van der Waals surface area contributed by atoms with Crippen LogP contribution in [-0.4, -0.2) is 34.9 Å². The Morgan fingerprint density at radius 3 is 2.45 bits per heavy atom. The van der Waals surface area contributed by atoms with Crippen molar-refractivity contribution in [3.05, 3.63) is 76.5 Å². The van der Waals surface area contributed by atoms with Crippen LogP contribution in [0.4, 0.5) is 5.69 Å². The average Bonchev–Trinajstić information content (AvgIpc) is 2.98. The fourth-order valence-electron chi connectivity index (χ4n) is 3.55. The Bertz CT molecular complexity index is 924.